The summed E-state index contributed by atoms with van der Waals surface area (Å²) in [6.07, 6.45) is 2.21. The van der Waals surface area contributed by atoms with E-state index >= 15 is 0 Å². The van der Waals surface area contributed by atoms with E-state index < -0.39 is 17.4 Å². The van der Waals surface area contributed by atoms with Crippen molar-refractivity contribution in [2.45, 2.75) is 6.92 Å². The number of anilines is 1. The lowest BCUT2D eigenvalue weighted by Gasteiger charge is -2.09. The number of aryl methyl sites for hydroxylation is 1. The summed E-state index contributed by atoms with van der Waals surface area (Å²) in [4.78, 5) is 3.84. The van der Waals surface area contributed by atoms with Gasteiger partial charge in [0.05, 0.1) is 11.9 Å². The largest absolute Gasteiger partial charge is 0.433 e. The second-order valence-electron chi connectivity index (χ2n) is 3.37. The molecule has 1 rings (SSSR count). The van der Waals surface area contributed by atoms with Crippen LogP contribution in [0.4, 0.5) is 14.5 Å². The highest BCUT2D eigenvalue weighted by molar-refractivity contribution is 5.49. The molecule has 1 aromatic heterocycles. The molecular weight excluding hydrogens is 240 g/mol. The Hall–Kier alpha value is -2.21. The van der Waals surface area contributed by atoms with Gasteiger partial charge in [-0.05, 0) is 18.6 Å². The van der Waals surface area contributed by atoms with E-state index in [1.807, 2.05) is 0 Å². The molecular formula is C12H13F2N3O. The highest BCUT2D eigenvalue weighted by atomic mass is 19.1. The Morgan fingerprint density at radius 2 is 2.22 bits per heavy atom. The van der Waals surface area contributed by atoms with Crippen molar-refractivity contribution in [2.75, 3.05) is 5.43 Å². The van der Waals surface area contributed by atoms with Gasteiger partial charge in [0, 0.05) is 6.07 Å². The van der Waals surface area contributed by atoms with Crippen molar-refractivity contribution >= 4 is 5.69 Å². The first kappa shape index (κ1) is 13.9. The summed E-state index contributed by atoms with van der Waals surface area (Å²) in [5, 5.41) is 0. The van der Waals surface area contributed by atoms with Gasteiger partial charge in [-0.1, -0.05) is 13.2 Å². The normalized spacial score (nSPS) is 11.6. The Kier molecular flexibility index (Phi) is 4.56. The highest BCUT2D eigenvalue weighted by Gasteiger charge is 2.12. The molecule has 0 radical (unpaired) electrons. The Bertz CT molecular complexity index is 512. The third-order valence-corrected chi connectivity index (χ3v) is 2.09. The average molecular weight is 253 g/mol. The van der Waals surface area contributed by atoms with Crippen molar-refractivity contribution in [2.24, 2.45) is 5.84 Å². The van der Waals surface area contributed by atoms with Gasteiger partial charge in [-0.15, -0.1) is 0 Å². The molecule has 0 amide bonds. The molecule has 0 fully saturated rings. The lowest BCUT2D eigenvalue weighted by Crippen LogP contribution is -2.09. The molecule has 0 unspecified atom stereocenters. The summed E-state index contributed by atoms with van der Waals surface area (Å²) in [5.74, 6) is 2.61. The number of pyridine rings is 1. The summed E-state index contributed by atoms with van der Waals surface area (Å²) >= 11 is 0. The summed E-state index contributed by atoms with van der Waals surface area (Å²) in [5.41, 5.74) is 3.71. The van der Waals surface area contributed by atoms with Crippen LogP contribution >= 0.6 is 0 Å². The fourth-order valence-corrected chi connectivity index (χ4v) is 1.17. The average Bonchev–Trinajstić information content (AvgIpc) is 2.35. The third-order valence-electron chi connectivity index (χ3n) is 2.09. The van der Waals surface area contributed by atoms with Crippen LogP contribution in [-0.2, 0) is 0 Å². The van der Waals surface area contributed by atoms with Crippen LogP contribution < -0.4 is 16.0 Å². The molecule has 6 heteroatoms. The number of nitrogens with one attached hydrogen (secondary N) is 1. The predicted octanol–water partition coefficient (Wildman–Crippen LogP) is 2.90. The van der Waals surface area contributed by atoms with Gasteiger partial charge in [-0.3, -0.25) is 5.84 Å². The van der Waals surface area contributed by atoms with Crippen LogP contribution in [0.3, 0.4) is 0 Å². The van der Waals surface area contributed by atoms with Gasteiger partial charge in [0.15, 0.2) is 17.4 Å². The smallest absolute Gasteiger partial charge is 0.219 e. The van der Waals surface area contributed by atoms with E-state index in [1.54, 1.807) is 6.92 Å². The van der Waals surface area contributed by atoms with E-state index in [9.17, 15) is 8.78 Å². The molecule has 0 aliphatic rings. The summed E-state index contributed by atoms with van der Waals surface area (Å²) in [7, 11) is 0. The number of nitrogen functional groups attached to an aromatic ring is 1. The van der Waals surface area contributed by atoms with Crippen LogP contribution in [0, 0.1) is 6.92 Å². The number of nitrogens with two attached hydrogens (primary N) is 1. The molecule has 0 saturated carbocycles. The Morgan fingerprint density at radius 1 is 1.56 bits per heavy atom. The molecule has 0 aliphatic heterocycles. The number of allylic oxidation sites excluding steroid dienone is 3. The minimum Gasteiger partial charge on any atom is -0.433 e. The van der Waals surface area contributed by atoms with Gasteiger partial charge >= 0.3 is 0 Å². The number of rotatable bonds is 5. The molecule has 1 heterocycles. The fraction of sp³-hybridized carbons (Fsp3) is 0.0833. The van der Waals surface area contributed by atoms with E-state index in [0.717, 1.165) is 6.08 Å². The Balaban J connectivity index is 3.06. The molecule has 18 heavy (non-hydrogen) atoms. The first-order chi connectivity index (χ1) is 8.49. The molecule has 0 bridgehead atoms. The number of hydrazine groups is 1. The van der Waals surface area contributed by atoms with Gasteiger partial charge < -0.3 is 10.2 Å². The quantitative estimate of drug-likeness (QED) is 0.366. The molecule has 1 aromatic rings. The Morgan fingerprint density at radius 3 is 2.67 bits per heavy atom. The number of nitrogens with zero attached hydrogens (tertiary/aromatic N) is 1. The minimum absolute atomic E-state index is 0.0253. The van der Waals surface area contributed by atoms with E-state index in [4.69, 9.17) is 10.6 Å². The maximum absolute atomic E-state index is 13.3. The standard InChI is InChI=1S/C12H13F2N3O/c1-4-9(14)12(8(3)13)18-11-5-7(2)10(17-15)6-16-11/h4-6,17H,1,3,15H2,2H3/b12-9-. The number of ether oxygens (including phenoxy) is 1. The van der Waals surface area contributed by atoms with E-state index in [2.05, 4.69) is 23.6 Å². The van der Waals surface area contributed by atoms with Crippen molar-refractivity contribution in [1.29, 1.82) is 0 Å². The molecule has 0 atom stereocenters. The van der Waals surface area contributed by atoms with E-state index in [1.165, 1.54) is 12.3 Å². The maximum atomic E-state index is 13.3. The minimum atomic E-state index is -1.05. The molecule has 0 aliphatic carbocycles. The van der Waals surface area contributed by atoms with Gasteiger partial charge in [-0.25, -0.2) is 13.8 Å². The summed E-state index contributed by atoms with van der Waals surface area (Å²) in [6, 6.07) is 1.48. The van der Waals surface area contributed by atoms with Gasteiger partial charge in [-0.2, -0.15) is 0 Å². The van der Waals surface area contributed by atoms with Gasteiger partial charge in [0.25, 0.3) is 0 Å². The second-order valence-corrected chi connectivity index (χ2v) is 3.37. The van der Waals surface area contributed by atoms with Crippen molar-refractivity contribution in [3.8, 4) is 5.88 Å². The first-order valence-corrected chi connectivity index (χ1v) is 4.97. The third kappa shape index (κ3) is 3.14. The number of hydrogen-bond donors (Lipinski definition) is 2. The highest BCUT2D eigenvalue weighted by Crippen LogP contribution is 2.23. The Labute approximate surface area is 103 Å². The SMILES string of the molecule is C=C/C(F)=C(/Oc1cc(C)c(NN)cn1)C(=C)F. The van der Waals surface area contributed by atoms with Crippen LogP contribution in [0.2, 0.25) is 0 Å². The van der Waals surface area contributed by atoms with Crippen molar-refractivity contribution < 1.29 is 13.5 Å². The zero-order valence-corrected chi connectivity index (χ0v) is 9.84. The predicted molar refractivity (Wildman–Crippen MR) is 66.0 cm³/mol. The van der Waals surface area contributed by atoms with E-state index in [-0.39, 0.29) is 5.88 Å². The number of hydrogen-bond acceptors (Lipinski definition) is 4. The molecule has 96 valence electrons. The van der Waals surface area contributed by atoms with Crippen LogP contribution in [0.1, 0.15) is 5.56 Å². The fourth-order valence-electron chi connectivity index (χ4n) is 1.17. The second kappa shape index (κ2) is 5.92. The lowest BCUT2D eigenvalue weighted by molar-refractivity contribution is 0.370. The molecule has 0 spiro atoms. The summed E-state index contributed by atoms with van der Waals surface area (Å²) in [6.45, 7) is 7.90. The topological polar surface area (TPSA) is 60.2 Å². The van der Waals surface area contributed by atoms with Gasteiger partial charge in [0.1, 0.15) is 0 Å². The number of aromatic nitrogens is 1. The van der Waals surface area contributed by atoms with Crippen molar-refractivity contribution in [1.82, 2.24) is 4.98 Å². The summed E-state index contributed by atoms with van der Waals surface area (Å²) < 4.78 is 31.3. The van der Waals surface area contributed by atoms with Crippen LogP contribution in [-0.4, -0.2) is 4.98 Å². The molecule has 4 nitrogen and oxygen atoms in total. The molecule has 3 N–H and O–H groups in total. The maximum Gasteiger partial charge on any atom is 0.219 e. The van der Waals surface area contributed by atoms with Crippen molar-refractivity contribution in [3.63, 3.8) is 0 Å². The van der Waals surface area contributed by atoms with Gasteiger partial charge in [0.2, 0.25) is 5.88 Å². The van der Waals surface area contributed by atoms with Crippen LogP contribution in [0.5, 0.6) is 5.88 Å². The molecule has 0 aromatic carbocycles. The van der Waals surface area contributed by atoms with E-state index in [0.29, 0.717) is 11.3 Å². The lowest BCUT2D eigenvalue weighted by atomic mass is 10.2. The van der Waals surface area contributed by atoms with Crippen molar-refractivity contribution in [3.05, 3.63) is 54.5 Å². The zero-order chi connectivity index (χ0) is 13.7. The zero-order valence-electron chi connectivity index (χ0n) is 9.84. The number of halogens is 2. The molecule has 0 saturated heterocycles. The monoisotopic (exact) mass is 253 g/mol. The first-order valence-electron chi connectivity index (χ1n) is 4.97. The van der Waals surface area contributed by atoms with Crippen LogP contribution in [0.15, 0.2) is 48.9 Å². The van der Waals surface area contributed by atoms with Crippen LogP contribution in [0.25, 0.3) is 0 Å².